The normalized spacial score (nSPS) is 15.7. The van der Waals surface area contributed by atoms with E-state index in [9.17, 15) is 0 Å². The van der Waals surface area contributed by atoms with Crippen molar-refractivity contribution in [2.24, 2.45) is 0 Å². The van der Waals surface area contributed by atoms with Crippen LogP contribution in [0.4, 0.5) is 5.82 Å². The average Bonchev–Trinajstić information content (AvgIpc) is 3.14. The van der Waals surface area contributed by atoms with Gasteiger partial charge in [0, 0.05) is 17.8 Å². The minimum Gasteiger partial charge on any atom is -0.369 e. The molecule has 0 radical (unpaired) electrons. The summed E-state index contributed by atoms with van der Waals surface area (Å²) in [5.41, 5.74) is 3.82. The number of halogens is 1. The van der Waals surface area contributed by atoms with Gasteiger partial charge in [-0.3, -0.25) is 0 Å². The van der Waals surface area contributed by atoms with Gasteiger partial charge in [-0.25, -0.2) is 15.0 Å². The predicted octanol–water partition coefficient (Wildman–Crippen LogP) is 4.45. The monoisotopic (exact) mass is 352 g/mol. The smallest absolute Gasteiger partial charge is 0.181 e. The molecule has 0 amide bonds. The predicted molar refractivity (Wildman–Crippen MR) is 86.2 cm³/mol. The highest BCUT2D eigenvalue weighted by Gasteiger charge is 2.24. The zero-order valence-electron chi connectivity index (χ0n) is 11.4. The Balaban J connectivity index is 2.07. The van der Waals surface area contributed by atoms with E-state index in [2.05, 4.69) is 38.1 Å². The molecular weight excluding hydrogens is 336 g/mol. The lowest BCUT2D eigenvalue weighted by Crippen LogP contribution is -2.08. The molecule has 2 aromatic rings. The third-order valence-electron chi connectivity index (χ3n) is 3.62. The molecule has 0 atom stereocenters. The first-order valence-electron chi connectivity index (χ1n) is 6.99. The van der Waals surface area contributed by atoms with Crippen LogP contribution in [-0.2, 0) is 0 Å². The van der Waals surface area contributed by atoms with E-state index in [1.807, 2.05) is 10.9 Å². The molecule has 6 heteroatoms. The summed E-state index contributed by atoms with van der Waals surface area (Å²) < 4.78 is 1.02. The van der Waals surface area contributed by atoms with Crippen molar-refractivity contribution in [2.75, 3.05) is 11.9 Å². The second-order valence-electron chi connectivity index (χ2n) is 4.98. The van der Waals surface area contributed by atoms with Crippen molar-refractivity contribution in [3.8, 4) is 11.5 Å². The summed E-state index contributed by atoms with van der Waals surface area (Å²) in [5.74, 6) is 2.15. The number of rotatable bonds is 4. The molecule has 0 spiro atoms. The van der Waals surface area contributed by atoms with Crippen molar-refractivity contribution in [3.05, 3.63) is 21.1 Å². The van der Waals surface area contributed by atoms with Crippen LogP contribution in [0.1, 0.15) is 44.2 Å². The van der Waals surface area contributed by atoms with Crippen molar-refractivity contribution in [2.45, 2.75) is 38.5 Å². The maximum Gasteiger partial charge on any atom is 0.181 e. The van der Waals surface area contributed by atoms with Crippen LogP contribution in [0.5, 0.6) is 0 Å². The van der Waals surface area contributed by atoms with Crippen molar-refractivity contribution >= 4 is 33.1 Å². The molecule has 0 aromatic carbocycles. The number of hydrogen-bond acceptors (Lipinski definition) is 5. The fourth-order valence-electron chi connectivity index (χ4n) is 2.66. The zero-order valence-corrected chi connectivity index (χ0v) is 13.8. The average molecular weight is 353 g/mol. The Hall–Kier alpha value is -1.01. The lowest BCUT2D eigenvalue weighted by molar-refractivity contribution is 0.691. The Morgan fingerprint density at radius 3 is 2.80 bits per heavy atom. The molecular formula is C14H17BrN4S. The molecule has 4 nitrogen and oxygen atoms in total. The summed E-state index contributed by atoms with van der Waals surface area (Å²) in [7, 11) is 0. The Morgan fingerprint density at radius 1 is 1.35 bits per heavy atom. The zero-order chi connectivity index (χ0) is 13.9. The highest BCUT2D eigenvalue weighted by Crippen LogP contribution is 2.39. The molecule has 2 aromatic heterocycles. The summed E-state index contributed by atoms with van der Waals surface area (Å²) in [6, 6.07) is 0. The molecule has 1 aliphatic rings. The van der Waals surface area contributed by atoms with Crippen molar-refractivity contribution in [3.63, 3.8) is 0 Å². The standard InChI is InChI=1S/C14H17BrN4S/c1-2-16-14-11(15)12(9-5-3-4-6-9)18-13(19-14)10-7-20-8-17-10/h7-9H,2-6H2,1H3,(H,16,18,19). The van der Waals surface area contributed by atoms with Gasteiger partial charge in [-0.2, -0.15) is 0 Å². The lowest BCUT2D eigenvalue weighted by atomic mass is 10.0. The van der Waals surface area contributed by atoms with Crippen LogP contribution in [0.3, 0.4) is 0 Å². The Labute approximate surface area is 131 Å². The van der Waals surface area contributed by atoms with Gasteiger partial charge in [0.1, 0.15) is 11.5 Å². The minimum atomic E-state index is 0.544. The van der Waals surface area contributed by atoms with Crippen LogP contribution in [0.15, 0.2) is 15.4 Å². The van der Waals surface area contributed by atoms with Crippen LogP contribution in [0.25, 0.3) is 11.5 Å². The van der Waals surface area contributed by atoms with Gasteiger partial charge in [0.15, 0.2) is 5.82 Å². The van der Waals surface area contributed by atoms with E-state index >= 15 is 0 Å². The van der Waals surface area contributed by atoms with Crippen LogP contribution >= 0.6 is 27.3 Å². The van der Waals surface area contributed by atoms with Crippen molar-refractivity contribution < 1.29 is 0 Å². The van der Waals surface area contributed by atoms with Crippen LogP contribution in [0.2, 0.25) is 0 Å². The highest BCUT2D eigenvalue weighted by atomic mass is 79.9. The van der Waals surface area contributed by atoms with Crippen LogP contribution in [-0.4, -0.2) is 21.5 Å². The van der Waals surface area contributed by atoms with Gasteiger partial charge in [0.05, 0.1) is 15.7 Å². The molecule has 0 saturated heterocycles. The summed E-state index contributed by atoms with van der Waals surface area (Å²) in [4.78, 5) is 13.7. The topological polar surface area (TPSA) is 50.7 Å². The minimum absolute atomic E-state index is 0.544. The Bertz CT molecular complexity index is 579. The first kappa shape index (κ1) is 13.9. The fraction of sp³-hybridized carbons (Fsp3) is 0.500. The van der Waals surface area contributed by atoms with Gasteiger partial charge in [0.25, 0.3) is 0 Å². The number of nitrogens with one attached hydrogen (secondary N) is 1. The number of hydrogen-bond donors (Lipinski definition) is 1. The van der Waals surface area contributed by atoms with E-state index in [1.54, 1.807) is 11.3 Å². The molecule has 1 saturated carbocycles. The van der Waals surface area contributed by atoms with Crippen LogP contribution < -0.4 is 5.32 Å². The molecule has 3 rings (SSSR count). The molecule has 1 aliphatic carbocycles. The lowest BCUT2D eigenvalue weighted by Gasteiger charge is -2.15. The van der Waals surface area contributed by atoms with Gasteiger partial charge in [-0.15, -0.1) is 11.3 Å². The van der Waals surface area contributed by atoms with Gasteiger partial charge >= 0.3 is 0 Å². The maximum atomic E-state index is 4.79. The molecule has 20 heavy (non-hydrogen) atoms. The van der Waals surface area contributed by atoms with Gasteiger partial charge in [-0.05, 0) is 35.7 Å². The molecule has 106 valence electrons. The van der Waals surface area contributed by atoms with E-state index in [4.69, 9.17) is 4.98 Å². The van der Waals surface area contributed by atoms with Crippen LogP contribution in [0, 0.1) is 0 Å². The van der Waals surface area contributed by atoms with E-state index in [-0.39, 0.29) is 0 Å². The summed E-state index contributed by atoms with van der Waals surface area (Å²) in [6.45, 7) is 2.92. The highest BCUT2D eigenvalue weighted by molar-refractivity contribution is 9.10. The maximum absolute atomic E-state index is 4.79. The first-order valence-corrected chi connectivity index (χ1v) is 8.73. The molecule has 1 N–H and O–H groups in total. The molecule has 0 aliphatic heterocycles. The molecule has 2 heterocycles. The second kappa shape index (κ2) is 6.18. The summed E-state index contributed by atoms with van der Waals surface area (Å²) >= 11 is 5.26. The largest absolute Gasteiger partial charge is 0.369 e. The first-order chi connectivity index (χ1) is 9.79. The van der Waals surface area contributed by atoms with Gasteiger partial charge in [0.2, 0.25) is 0 Å². The second-order valence-corrected chi connectivity index (χ2v) is 6.49. The fourth-order valence-corrected chi connectivity index (χ4v) is 3.83. The third kappa shape index (κ3) is 2.72. The van der Waals surface area contributed by atoms with E-state index in [1.165, 1.54) is 25.7 Å². The number of aromatic nitrogens is 3. The summed E-state index contributed by atoms with van der Waals surface area (Å²) in [5, 5.41) is 5.32. The Morgan fingerprint density at radius 2 is 2.15 bits per heavy atom. The van der Waals surface area contributed by atoms with E-state index in [0.29, 0.717) is 5.92 Å². The van der Waals surface area contributed by atoms with Gasteiger partial charge < -0.3 is 5.32 Å². The summed E-state index contributed by atoms with van der Waals surface area (Å²) in [6.07, 6.45) is 5.03. The number of nitrogens with zero attached hydrogens (tertiary/aromatic N) is 3. The van der Waals surface area contributed by atoms with Gasteiger partial charge in [-0.1, -0.05) is 12.8 Å². The van der Waals surface area contributed by atoms with E-state index < -0.39 is 0 Å². The van der Waals surface area contributed by atoms with Crippen molar-refractivity contribution in [1.29, 1.82) is 0 Å². The molecule has 0 unspecified atom stereocenters. The SMILES string of the molecule is CCNc1nc(-c2cscn2)nc(C2CCCC2)c1Br. The number of thiazole rings is 1. The molecule has 1 fully saturated rings. The quantitative estimate of drug-likeness (QED) is 0.882. The van der Waals surface area contributed by atoms with Crippen molar-refractivity contribution in [1.82, 2.24) is 15.0 Å². The molecule has 0 bridgehead atoms. The number of anilines is 1. The Kier molecular flexibility index (Phi) is 4.31. The third-order valence-corrected chi connectivity index (χ3v) is 4.99. The van der Waals surface area contributed by atoms with E-state index in [0.717, 1.165) is 34.0 Å².